The van der Waals surface area contributed by atoms with Crippen LogP contribution in [0.3, 0.4) is 0 Å². The van der Waals surface area contributed by atoms with Crippen LogP contribution in [-0.2, 0) is 14.3 Å². The number of benzene rings is 1. The molecule has 0 bridgehead atoms. The number of methoxy groups -OCH3 is 1. The van der Waals surface area contributed by atoms with Gasteiger partial charge in [0, 0.05) is 31.5 Å². The quantitative estimate of drug-likeness (QED) is 0.519. The average Bonchev–Trinajstić information content (AvgIpc) is 2.56. The number of Topliss-reactive ketones (excluding diaryl/α,β-unsaturated/α-hetero) is 1. The van der Waals surface area contributed by atoms with Crippen molar-refractivity contribution < 1.29 is 19.1 Å². The lowest BCUT2D eigenvalue weighted by molar-refractivity contribution is -0.141. The molecule has 0 aromatic heterocycles. The van der Waals surface area contributed by atoms with Crippen molar-refractivity contribution in [2.24, 2.45) is 0 Å². The minimum absolute atomic E-state index is 0.0432. The topological polar surface area (TPSA) is 63.7 Å². The van der Waals surface area contributed by atoms with Crippen molar-refractivity contribution in [1.29, 1.82) is 0 Å². The van der Waals surface area contributed by atoms with Gasteiger partial charge in [-0.1, -0.05) is 37.3 Å². The molecule has 1 aromatic rings. The summed E-state index contributed by atoms with van der Waals surface area (Å²) in [6, 6.07) is 8.93. The maximum Gasteiger partial charge on any atom is 0.307 e. The van der Waals surface area contributed by atoms with Gasteiger partial charge < -0.3 is 9.64 Å². The molecule has 0 aliphatic heterocycles. The number of esters is 1. The van der Waals surface area contributed by atoms with Crippen LogP contribution in [0.4, 0.5) is 0 Å². The van der Waals surface area contributed by atoms with Crippen LogP contribution < -0.4 is 0 Å². The summed E-state index contributed by atoms with van der Waals surface area (Å²) in [6.45, 7) is 2.88. The fourth-order valence-electron chi connectivity index (χ4n) is 2.11. The fraction of sp³-hybridized carbons (Fsp3) is 0.471. The molecule has 120 valence electrons. The summed E-state index contributed by atoms with van der Waals surface area (Å²) in [5, 5.41) is 0. The number of amides is 1. The van der Waals surface area contributed by atoms with Crippen LogP contribution in [0.25, 0.3) is 0 Å². The van der Waals surface area contributed by atoms with Gasteiger partial charge in [0.15, 0.2) is 5.78 Å². The zero-order valence-electron chi connectivity index (χ0n) is 13.2. The number of carbonyl (C=O) groups excluding carboxylic acids is 3. The first-order valence-electron chi connectivity index (χ1n) is 7.51. The Bertz CT molecular complexity index is 499. The molecule has 0 aliphatic rings. The van der Waals surface area contributed by atoms with E-state index in [0.29, 0.717) is 18.7 Å². The highest BCUT2D eigenvalue weighted by molar-refractivity contribution is 5.97. The van der Waals surface area contributed by atoms with Crippen molar-refractivity contribution in [3.8, 4) is 0 Å². The van der Waals surface area contributed by atoms with Crippen molar-refractivity contribution in [2.45, 2.75) is 32.6 Å². The molecular formula is C17H23NO4. The van der Waals surface area contributed by atoms with Gasteiger partial charge in [-0.2, -0.15) is 0 Å². The van der Waals surface area contributed by atoms with Gasteiger partial charge in [0.25, 0.3) is 0 Å². The van der Waals surface area contributed by atoms with Crippen LogP contribution >= 0.6 is 0 Å². The van der Waals surface area contributed by atoms with E-state index in [9.17, 15) is 14.4 Å². The number of nitrogens with zero attached hydrogens (tertiary/aromatic N) is 1. The molecule has 1 rings (SSSR count). The van der Waals surface area contributed by atoms with E-state index in [1.807, 2.05) is 13.0 Å². The monoisotopic (exact) mass is 305 g/mol. The molecule has 0 unspecified atom stereocenters. The van der Waals surface area contributed by atoms with Gasteiger partial charge in [0.2, 0.25) is 5.91 Å². The van der Waals surface area contributed by atoms with Crippen molar-refractivity contribution in [3.63, 3.8) is 0 Å². The highest BCUT2D eigenvalue weighted by Crippen LogP contribution is 2.08. The molecule has 1 aromatic carbocycles. The predicted molar refractivity (Wildman–Crippen MR) is 83.5 cm³/mol. The van der Waals surface area contributed by atoms with Crippen molar-refractivity contribution in [2.75, 3.05) is 20.2 Å². The highest BCUT2D eigenvalue weighted by Gasteiger charge is 2.16. The Hall–Kier alpha value is -2.17. The number of carbonyl (C=O) groups is 3. The number of ketones is 1. The summed E-state index contributed by atoms with van der Waals surface area (Å²) in [5.41, 5.74) is 0.618. The predicted octanol–water partition coefficient (Wildman–Crippen LogP) is 2.45. The van der Waals surface area contributed by atoms with E-state index >= 15 is 0 Å². The molecule has 5 nitrogen and oxygen atoms in total. The molecule has 0 fully saturated rings. The Labute approximate surface area is 131 Å². The standard InChI is InChI=1S/C17H23NO4/c1-3-12-18(13-11-17(21)22-2)16(20)10-9-15(19)14-7-5-4-6-8-14/h4-8H,3,9-13H2,1-2H3. The Kier molecular flexibility index (Phi) is 7.89. The molecule has 0 N–H and O–H groups in total. The maximum atomic E-state index is 12.2. The third-order valence-electron chi connectivity index (χ3n) is 3.32. The Morgan fingerprint density at radius 2 is 1.68 bits per heavy atom. The smallest absolute Gasteiger partial charge is 0.307 e. The van der Waals surface area contributed by atoms with Crippen LogP contribution in [0, 0.1) is 0 Å². The normalized spacial score (nSPS) is 10.1. The van der Waals surface area contributed by atoms with Gasteiger partial charge in [-0.05, 0) is 6.42 Å². The van der Waals surface area contributed by atoms with Crippen LogP contribution in [0.5, 0.6) is 0 Å². The molecule has 0 saturated carbocycles. The van der Waals surface area contributed by atoms with Crippen molar-refractivity contribution in [1.82, 2.24) is 4.90 Å². The third-order valence-corrected chi connectivity index (χ3v) is 3.32. The molecule has 0 spiro atoms. The Morgan fingerprint density at radius 1 is 1.00 bits per heavy atom. The lowest BCUT2D eigenvalue weighted by Crippen LogP contribution is -2.34. The van der Waals surface area contributed by atoms with E-state index in [2.05, 4.69) is 4.74 Å². The molecular weight excluding hydrogens is 282 g/mol. The van der Waals surface area contributed by atoms with Gasteiger partial charge in [-0.3, -0.25) is 14.4 Å². The summed E-state index contributed by atoms with van der Waals surface area (Å²) < 4.78 is 4.58. The lowest BCUT2D eigenvalue weighted by atomic mass is 10.1. The summed E-state index contributed by atoms with van der Waals surface area (Å²) >= 11 is 0. The molecule has 0 atom stereocenters. The molecule has 22 heavy (non-hydrogen) atoms. The summed E-state index contributed by atoms with van der Waals surface area (Å²) in [5.74, 6) is -0.484. The first-order valence-corrected chi connectivity index (χ1v) is 7.51. The summed E-state index contributed by atoms with van der Waals surface area (Å²) in [4.78, 5) is 37.0. The highest BCUT2D eigenvalue weighted by atomic mass is 16.5. The van der Waals surface area contributed by atoms with Crippen LogP contribution in [0.1, 0.15) is 43.0 Å². The minimum Gasteiger partial charge on any atom is -0.469 e. The largest absolute Gasteiger partial charge is 0.469 e. The maximum absolute atomic E-state index is 12.2. The Balaban J connectivity index is 2.49. The molecule has 0 heterocycles. The van der Waals surface area contributed by atoms with Gasteiger partial charge in [-0.25, -0.2) is 0 Å². The van der Waals surface area contributed by atoms with E-state index in [1.165, 1.54) is 7.11 Å². The third kappa shape index (κ3) is 6.08. The van der Waals surface area contributed by atoms with Gasteiger partial charge in [-0.15, -0.1) is 0 Å². The second-order valence-corrected chi connectivity index (χ2v) is 5.00. The molecule has 0 saturated heterocycles. The summed E-state index contributed by atoms with van der Waals surface area (Å²) in [6.07, 6.45) is 1.32. The van der Waals surface area contributed by atoms with E-state index in [-0.39, 0.29) is 36.9 Å². The minimum atomic E-state index is -0.339. The van der Waals surface area contributed by atoms with Gasteiger partial charge >= 0.3 is 5.97 Å². The number of hydrogen-bond donors (Lipinski definition) is 0. The first-order chi connectivity index (χ1) is 10.6. The van der Waals surface area contributed by atoms with E-state index in [0.717, 1.165) is 6.42 Å². The van der Waals surface area contributed by atoms with Gasteiger partial charge in [0.1, 0.15) is 0 Å². The zero-order chi connectivity index (χ0) is 16.4. The first kappa shape index (κ1) is 17.9. The molecule has 0 aliphatic carbocycles. The second-order valence-electron chi connectivity index (χ2n) is 5.00. The second kappa shape index (κ2) is 9.71. The molecule has 5 heteroatoms. The fourth-order valence-corrected chi connectivity index (χ4v) is 2.11. The van der Waals surface area contributed by atoms with E-state index in [4.69, 9.17) is 0 Å². The van der Waals surface area contributed by atoms with Crippen LogP contribution in [0.2, 0.25) is 0 Å². The van der Waals surface area contributed by atoms with Crippen LogP contribution in [0.15, 0.2) is 30.3 Å². The lowest BCUT2D eigenvalue weighted by Gasteiger charge is -2.21. The van der Waals surface area contributed by atoms with E-state index in [1.54, 1.807) is 29.2 Å². The van der Waals surface area contributed by atoms with Crippen molar-refractivity contribution in [3.05, 3.63) is 35.9 Å². The number of rotatable bonds is 9. The number of hydrogen-bond acceptors (Lipinski definition) is 4. The molecule has 0 radical (unpaired) electrons. The van der Waals surface area contributed by atoms with Crippen LogP contribution in [-0.4, -0.2) is 42.8 Å². The van der Waals surface area contributed by atoms with Gasteiger partial charge in [0.05, 0.1) is 13.5 Å². The Morgan fingerprint density at radius 3 is 2.27 bits per heavy atom. The molecule has 1 amide bonds. The average molecular weight is 305 g/mol. The summed E-state index contributed by atoms with van der Waals surface area (Å²) in [7, 11) is 1.33. The van der Waals surface area contributed by atoms with Crippen molar-refractivity contribution >= 4 is 17.7 Å². The SMILES string of the molecule is CCCN(CCC(=O)OC)C(=O)CCC(=O)c1ccccc1. The van der Waals surface area contributed by atoms with E-state index < -0.39 is 0 Å². The zero-order valence-corrected chi connectivity index (χ0v) is 13.2. The number of ether oxygens (including phenoxy) is 1.